The summed E-state index contributed by atoms with van der Waals surface area (Å²) in [7, 11) is 0.896. The van der Waals surface area contributed by atoms with Crippen molar-refractivity contribution in [3.05, 3.63) is 11.9 Å². The molecule has 0 radical (unpaired) electrons. The molecule has 6 heteroatoms. The number of rotatable bonds is 5. The van der Waals surface area contributed by atoms with Crippen LogP contribution in [0.4, 0.5) is 0 Å². The predicted octanol–water partition coefficient (Wildman–Crippen LogP) is -0.199. The first-order valence-corrected chi connectivity index (χ1v) is 5.94. The summed E-state index contributed by atoms with van der Waals surface area (Å²) in [5.74, 6) is 0.467. The van der Waals surface area contributed by atoms with E-state index in [4.69, 9.17) is 5.73 Å². The van der Waals surface area contributed by atoms with E-state index >= 15 is 0 Å². The highest BCUT2D eigenvalue weighted by Crippen LogP contribution is 2.06. The van der Waals surface area contributed by atoms with E-state index in [1.807, 2.05) is 6.92 Å². The average Bonchev–Trinajstić information content (AvgIpc) is 2.51. The highest BCUT2D eigenvalue weighted by molar-refractivity contribution is 7.84. The fraction of sp³-hybridized carbons (Fsp3) is 0.750. The molecule has 2 N–H and O–H groups in total. The molecule has 0 spiro atoms. The first kappa shape index (κ1) is 11.3. The molecule has 0 saturated heterocycles. The molecule has 1 aromatic rings. The normalized spacial score (nSPS) is 15.4. The smallest absolute Gasteiger partial charge is 0.0951 e. The molecule has 14 heavy (non-hydrogen) atoms. The van der Waals surface area contributed by atoms with Crippen LogP contribution in [0.1, 0.15) is 19.0 Å². The molecule has 0 aliphatic rings. The van der Waals surface area contributed by atoms with Crippen molar-refractivity contribution in [1.29, 1.82) is 0 Å². The number of hydrogen-bond donors (Lipinski definition) is 1. The Hall–Kier alpha value is -0.750. The van der Waals surface area contributed by atoms with Gasteiger partial charge in [-0.05, 0) is 13.0 Å². The van der Waals surface area contributed by atoms with Gasteiger partial charge < -0.3 is 5.73 Å². The monoisotopic (exact) mass is 216 g/mol. The van der Waals surface area contributed by atoms with Crippen molar-refractivity contribution in [2.24, 2.45) is 12.8 Å². The fourth-order valence-corrected chi connectivity index (χ4v) is 2.22. The minimum absolute atomic E-state index is 0.127. The molecule has 0 saturated carbocycles. The quantitative estimate of drug-likeness (QED) is 0.740. The molecular weight excluding hydrogens is 200 g/mol. The highest BCUT2D eigenvalue weighted by atomic mass is 32.2. The van der Waals surface area contributed by atoms with Crippen LogP contribution in [0.3, 0.4) is 0 Å². The lowest BCUT2D eigenvalue weighted by Gasteiger charge is -2.07. The summed E-state index contributed by atoms with van der Waals surface area (Å²) in [6.07, 6.45) is 2.57. The van der Waals surface area contributed by atoms with Gasteiger partial charge in [-0.2, -0.15) is 0 Å². The summed E-state index contributed by atoms with van der Waals surface area (Å²) in [4.78, 5) is 0. The van der Waals surface area contributed by atoms with Gasteiger partial charge in [0.2, 0.25) is 0 Å². The summed E-state index contributed by atoms with van der Waals surface area (Å²) in [5, 5.41) is 7.80. The van der Waals surface area contributed by atoms with Gasteiger partial charge >= 0.3 is 0 Å². The Labute approximate surface area is 86.1 Å². The Morgan fingerprint density at radius 1 is 1.71 bits per heavy atom. The molecular formula is C8H16N4OS. The van der Waals surface area contributed by atoms with Gasteiger partial charge in [-0.15, -0.1) is 5.10 Å². The van der Waals surface area contributed by atoms with Crippen LogP contribution in [0.2, 0.25) is 0 Å². The highest BCUT2D eigenvalue weighted by Gasteiger charge is 2.12. The lowest BCUT2D eigenvalue weighted by Crippen LogP contribution is -2.17. The van der Waals surface area contributed by atoms with E-state index < -0.39 is 10.8 Å². The maximum Gasteiger partial charge on any atom is 0.0951 e. The summed E-state index contributed by atoms with van der Waals surface area (Å²) in [5.41, 5.74) is 6.17. The van der Waals surface area contributed by atoms with Crippen molar-refractivity contribution >= 4 is 10.8 Å². The minimum atomic E-state index is -0.898. The number of nitrogens with zero attached hydrogens (tertiary/aromatic N) is 3. The molecule has 1 aromatic heterocycles. The first-order valence-electron chi connectivity index (χ1n) is 4.56. The summed E-state index contributed by atoms with van der Waals surface area (Å²) in [6, 6.07) is 0. The molecule has 1 heterocycles. The maximum atomic E-state index is 11.7. The van der Waals surface area contributed by atoms with Crippen LogP contribution in [-0.2, 0) is 23.6 Å². The van der Waals surface area contributed by atoms with Gasteiger partial charge in [0, 0.05) is 29.3 Å². The molecule has 0 fully saturated rings. The van der Waals surface area contributed by atoms with Crippen LogP contribution >= 0.6 is 0 Å². The largest absolute Gasteiger partial charge is 0.330 e. The molecule has 0 aliphatic heterocycles. The van der Waals surface area contributed by atoms with Gasteiger partial charge in [0.25, 0.3) is 0 Å². The number of aryl methyl sites for hydroxylation is 1. The summed E-state index contributed by atoms with van der Waals surface area (Å²) >= 11 is 0. The molecule has 0 aliphatic carbocycles. The number of aromatic nitrogens is 3. The second-order valence-corrected chi connectivity index (χ2v) is 5.15. The molecule has 1 rings (SSSR count). The van der Waals surface area contributed by atoms with E-state index in [9.17, 15) is 4.21 Å². The zero-order valence-electron chi connectivity index (χ0n) is 8.51. The minimum Gasteiger partial charge on any atom is -0.330 e. The van der Waals surface area contributed by atoms with Gasteiger partial charge in [-0.25, -0.2) is 0 Å². The van der Waals surface area contributed by atoms with E-state index in [2.05, 4.69) is 10.3 Å². The molecule has 80 valence electrons. The van der Waals surface area contributed by atoms with Crippen molar-refractivity contribution < 1.29 is 4.21 Å². The lowest BCUT2D eigenvalue weighted by molar-refractivity contribution is 0.664. The van der Waals surface area contributed by atoms with Crippen LogP contribution < -0.4 is 5.73 Å². The van der Waals surface area contributed by atoms with E-state index in [-0.39, 0.29) is 5.25 Å². The zero-order chi connectivity index (χ0) is 10.6. The third kappa shape index (κ3) is 3.19. The average molecular weight is 216 g/mol. The van der Waals surface area contributed by atoms with E-state index in [0.29, 0.717) is 12.3 Å². The van der Waals surface area contributed by atoms with Crippen LogP contribution in [0.15, 0.2) is 6.20 Å². The van der Waals surface area contributed by atoms with Crippen molar-refractivity contribution in [1.82, 2.24) is 15.0 Å². The zero-order valence-corrected chi connectivity index (χ0v) is 9.33. The molecule has 0 amide bonds. The molecule has 2 unspecified atom stereocenters. The second kappa shape index (κ2) is 5.21. The SMILES string of the molecule is CC(CCN)S(=O)Cc1cn(C)nn1. The summed E-state index contributed by atoms with van der Waals surface area (Å²) < 4.78 is 13.3. The third-order valence-corrected chi connectivity index (χ3v) is 3.68. The van der Waals surface area contributed by atoms with Crippen LogP contribution in [-0.4, -0.2) is 31.0 Å². The molecule has 0 bridgehead atoms. The van der Waals surface area contributed by atoms with E-state index in [0.717, 1.165) is 12.1 Å². The lowest BCUT2D eigenvalue weighted by atomic mass is 10.3. The van der Waals surface area contributed by atoms with E-state index in [1.165, 1.54) is 0 Å². The fourth-order valence-electron chi connectivity index (χ4n) is 1.12. The Kier molecular flexibility index (Phi) is 4.21. The van der Waals surface area contributed by atoms with Gasteiger partial charge in [-0.1, -0.05) is 12.1 Å². The van der Waals surface area contributed by atoms with E-state index in [1.54, 1.807) is 17.9 Å². The molecule has 2 atom stereocenters. The third-order valence-electron chi connectivity index (χ3n) is 1.96. The first-order chi connectivity index (χ1) is 6.63. The van der Waals surface area contributed by atoms with Crippen LogP contribution in [0, 0.1) is 0 Å². The van der Waals surface area contributed by atoms with Crippen LogP contribution in [0.25, 0.3) is 0 Å². The second-order valence-electron chi connectivity index (χ2n) is 3.30. The summed E-state index contributed by atoms with van der Waals surface area (Å²) in [6.45, 7) is 2.52. The Morgan fingerprint density at radius 3 is 2.93 bits per heavy atom. The van der Waals surface area contributed by atoms with Gasteiger partial charge in [0.15, 0.2) is 0 Å². The van der Waals surface area contributed by atoms with Gasteiger partial charge in [-0.3, -0.25) is 8.89 Å². The number of nitrogens with two attached hydrogens (primary N) is 1. The van der Waals surface area contributed by atoms with Gasteiger partial charge in [0.05, 0.1) is 11.4 Å². The van der Waals surface area contributed by atoms with Crippen molar-refractivity contribution in [2.75, 3.05) is 6.54 Å². The molecule has 0 aromatic carbocycles. The Bertz CT molecular complexity index is 312. The molecule has 5 nitrogen and oxygen atoms in total. The maximum absolute atomic E-state index is 11.7. The standard InChI is InChI=1S/C8H16N4OS/c1-7(3-4-9)14(13)6-8-5-12(2)11-10-8/h5,7H,3-4,6,9H2,1-2H3. The van der Waals surface area contributed by atoms with Crippen molar-refractivity contribution in [3.8, 4) is 0 Å². The predicted molar refractivity (Wildman–Crippen MR) is 56.0 cm³/mol. The topological polar surface area (TPSA) is 73.8 Å². The number of hydrogen-bond acceptors (Lipinski definition) is 4. The Morgan fingerprint density at radius 2 is 2.43 bits per heavy atom. The van der Waals surface area contributed by atoms with Crippen LogP contribution in [0.5, 0.6) is 0 Å². The van der Waals surface area contributed by atoms with Crippen molar-refractivity contribution in [3.63, 3.8) is 0 Å². The Balaban J connectivity index is 2.48. The van der Waals surface area contributed by atoms with Gasteiger partial charge in [0.1, 0.15) is 0 Å². The van der Waals surface area contributed by atoms with Crippen molar-refractivity contribution in [2.45, 2.75) is 24.3 Å².